The molecule has 0 fully saturated rings. The maximum absolute atomic E-state index is 13.7. The molecular formula is C60H112N10O12. The molecule has 0 aliphatic heterocycles. The van der Waals surface area contributed by atoms with Gasteiger partial charge in [-0.25, -0.2) is 0 Å². The summed E-state index contributed by atoms with van der Waals surface area (Å²) < 4.78 is 18.2. The summed E-state index contributed by atoms with van der Waals surface area (Å²) in [5, 5.41) is 29.1. The van der Waals surface area contributed by atoms with E-state index in [0.717, 1.165) is 122 Å². The fourth-order valence-corrected chi connectivity index (χ4v) is 8.38. The topological polar surface area (TPSA) is 302 Å². The molecule has 22 heteroatoms. The second-order valence-electron chi connectivity index (χ2n) is 21.1. The lowest BCUT2D eigenvalue weighted by molar-refractivity contribution is -0.130. The number of hydrogen-bond donors (Lipinski definition) is 10. The predicted molar refractivity (Wildman–Crippen MR) is 321 cm³/mol. The minimum atomic E-state index is -1.25. The van der Waals surface area contributed by atoms with Crippen LogP contribution in [0.3, 0.4) is 0 Å². The first-order chi connectivity index (χ1) is 39.8. The van der Waals surface area contributed by atoms with Gasteiger partial charge in [-0.05, 0) is 83.9 Å². The van der Waals surface area contributed by atoms with E-state index in [2.05, 4.69) is 73.6 Å². The van der Waals surface area contributed by atoms with Crippen LogP contribution in [0.1, 0.15) is 206 Å². The van der Waals surface area contributed by atoms with E-state index in [1.54, 1.807) is 0 Å². The van der Waals surface area contributed by atoms with Crippen LogP contribution in [-0.2, 0) is 57.4 Å². The van der Waals surface area contributed by atoms with Gasteiger partial charge in [0.1, 0.15) is 5.54 Å². The van der Waals surface area contributed by atoms with Crippen LogP contribution in [0.4, 0.5) is 0 Å². The summed E-state index contributed by atoms with van der Waals surface area (Å²) in [6.45, 7) is 11.9. The molecule has 0 bridgehead atoms. The van der Waals surface area contributed by atoms with Gasteiger partial charge in [0.25, 0.3) is 0 Å². The van der Waals surface area contributed by atoms with Gasteiger partial charge in [0.05, 0.1) is 39.6 Å². The van der Waals surface area contributed by atoms with Crippen LogP contribution < -0.4 is 53.2 Å². The first-order valence-electron chi connectivity index (χ1n) is 31.3. The van der Waals surface area contributed by atoms with Gasteiger partial charge >= 0.3 is 0 Å². The molecule has 22 nitrogen and oxygen atoms in total. The summed E-state index contributed by atoms with van der Waals surface area (Å²) in [5.41, 5.74) is -1.25. The van der Waals surface area contributed by atoms with Crippen molar-refractivity contribution in [2.24, 2.45) is 0 Å². The Hall–Kier alpha value is -5.19. The van der Waals surface area contributed by atoms with E-state index in [-0.39, 0.29) is 118 Å². The van der Waals surface area contributed by atoms with E-state index >= 15 is 0 Å². The van der Waals surface area contributed by atoms with Crippen LogP contribution in [0.25, 0.3) is 0 Å². The van der Waals surface area contributed by atoms with Gasteiger partial charge in [0, 0.05) is 104 Å². The van der Waals surface area contributed by atoms with E-state index in [9.17, 15) is 43.2 Å². The number of amides is 9. The Bertz CT molecular complexity index is 1600. The molecule has 0 aromatic heterocycles. The maximum Gasteiger partial charge on any atom is 0.243 e. The molecule has 9 amide bonds. The number of ether oxygens (including phenoxy) is 3. The molecule has 474 valence electrons. The molecule has 0 aliphatic carbocycles. The Morgan fingerprint density at radius 2 is 0.610 bits per heavy atom. The molecular weight excluding hydrogens is 1050 g/mol. The lowest BCUT2D eigenvalue weighted by Gasteiger charge is -2.34. The Morgan fingerprint density at radius 1 is 0.329 bits per heavy atom. The Balaban J connectivity index is 5.45. The standard InChI is InChI=1S/C60H112N10O12/c1-5-8-18-28-52(72)64-39-25-42-67-56(76)33-45-80-48-60(49-81-46-34-57(77)68-43-26-40-65-53(73)29-19-9-6-2,50-82-47-35-58(78)69-44-27-41-66-55(75)32-24-36-61-4)70-59(79)31-21-15-13-11-10-12-14-20-30-54(74)63-38-23-17-16-22-37-62-51(71)7-3/h7,61H,3,5-6,8-50H2,1-2,4H3,(H,62,71)(H,63,74)(H,64,72)(H,65,73)(H,66,75)(H,67,76)(H,68,77)(H,69,78)(H,70,79). The van der Waals surface area contributed by atoms with E-state index in [1.807, 2.05) is 7.05 Å². The highest BCUT2D eigenvalue weighted by Crippen LogP contribution is 2.14. The first-order valence-corrected chi connectivity index (χ1v) is 31.3. The zero-order valence-corrected chi connectivity index (χ0v) is 51.0. The molecule has 0 aliphatic rings. The van der Waals surface area contributed by atoms with Crippen molar-refractivity contribution in [2.75, 3.05) is 106 Å². The molecule has 0 unspecified atom stereocenters. The van der Waals surface area contributed by atoms with Crippen molar-refractivity contribution >= 4 is 53.2 Å². The lowest BCUT2D eigenvalue weighted by atomic mass is 10.0. The fraction of sp³-hybridized carbons (Fsp3) is 0.817. The third-order valence-corrected chi connectivity index (χ3v) is 13.3. The smallest absolute Gasteiger partial charge is 0.243 e. The minimum absolute atomic E-state index is 0.00277. The summed E-state index contributed by atoms with van der Waals surface area (Å²) in [7, 11) is 1.84. The van der Waals surface area contributed by atoms with E-state index < -0.39 is 5.54 Å². The third kappa shape index (κ3) is 51.7. The highest BCUT2D eigenvalue weighted by molar-refractivity contribution is 5.86. The number of unbranched alkanes of at least 4 members (excludes halogenated alkanes) is 14. The van der Waals surface area contributed by atoms with Crippen molar-refractivity contribution in [1.82, 2.24) is 53.2 Å². The van der Waals surface area contributed by atoms with E-state index in [0.29, 0.717) is 104 Å². The van der Waals surface area contributed by atoms with Gasteiger partial charge in [-0.2, -0.15) is 0 Å². The Morgan fingerprint density at radius 3 is 0.951 bits per heavy atom. The van der Waals surface area contributed by atoms with Crippen LogP contribution in [0.5, 0.6) is 0 Å². The third-order valence-electron chi connectivity index (χ3n) is 13.3. The van der Waals surface area contributed by atoms with Gasteiger partial charge in [-0.3, -0.25) is 43.2 Å². The lowest BCUT2D eigenvalue weighted by Crippen LogP contribution is -2.58. The average molecular weight is 1170 g/mol. The summed E-state index contributed by atoms with van der Waals surface area (Å²) in [6, 6.07) is 0. The van der Waals surface area contributed by atoms with Crippen LogP contribution in [0, 0.1) is 0 Å². The van der Waals surface area contributed by atoms with Gasteiger partial charge in [0.2, 0.25) is 53.2 Å². The van der Waals surface area contributed by atoms with Gasteiger partial charge in [-0.15, -0.1) is 0 Å². The number of carbonyl (C=O) groups is 9. The summed E-state index contributed by atoms with van der Waals surface area (Å²) in [4.78, 5) is 112. The van der Waals surface area contributed by atoms with Gasteiger partial charge in [-0.1, -0.05) is 97.5 Å². The van der Waals surface area contributed by atoms with Crippen LogP contribution in [0.15, 0.2) is 12.7 Å². The zero-order valence-electron chi connectivity index (χ0n) is 51.0. The van der Waals surface area contributed by atoms with Crippen molar-refractivity contribution in [2.45, 2.75) is 212 Å². The number of hydrogen-bond acceptors (Lipinski definition) is 13. The van der Waals surface area contributed by atoms with Crippen LogP contribution in [-0.4, -0.2) is 164 Å². The average Bonchev–Trinajstić information content (AvgIpc) is 3.45. The van der Waals surface area contributed by atoms with Gasteiger partial charge < -0.3 is 67.4 Å². The first kappa shape index (κ1) is 76.8. The monoisotopic (exact) mass is 1160 g/mol. The molecule has 10 N–H and O–H groups in total. The quantitative estimate of drug-likeness (QED) is 0.0285. The number of rotatable bonds is 59. The molecule has 0 atom stereocenters. The largest absolute Gasteiger partial charge is 0.378 e. The van der Waals surface area contributed by atoms with Crippen LogP contribution in [0.2, 0.25) is 0 Å². The highest BCUT2D eigenvalue weighted by atomic mass is 16.5. The summed E-state index contributed by atoms with van der Waals surface area (Å²) in [5.74, 6) is -1.07. The second-order valence-corrected chi connectivity index (χ2v) is 21.1. The Kier molecular flexibility index (Phi) is 52.7. The molecule has 0 saturated carbocycles. The van der Waals surface area contributed by atoms with Crippen molar-refractivity contribution in [1.29, 1.82) is 0 Å². The molecule has 0 saturated heterocycles. The molecule has 0 spiro atoms. The Labute approximate surface area is 492 Å². The minimum Gasteiger partial charge on any atom is -0.378 e. The van der Waals surface area contributed by atoms with Gasteiger partial charge in [0.15, 0.2) is 0 Å². The SMILES string of the molecule is C=CC(=O)NCCCCCCNC(=O)CCCCCCCCCCC(=O)NC(COCCC(=O)NCCCNC(=O)CCCCC)(COCCC(=O)NCCCNC(=O)CCCCC)COCCC(=O)NCCCNC(=O)CCCNC. The van der Waals surface area contributed by atoms with E-state index in [4.69, 9.17) is 14.2 Å². The fourth-order valence-electron chi connectivity index (χ4n) is 8.38. The van der Waals surface area contributed by atoms with Crippen LogP contribution >= 0.6 is 0 Å². The zero-order chi connectivity index (χ0) is 60.4. The number of carbonyl (C=O) groups excluding carboxylic acids is 9. The summed E-state index contributed by atoms with van der Waals surface area (Å²) in [6.07, 6.45) is 22.8. The van der Waals surface area contributed by atoms with Crippen molar-refractivity contribution in [3.8, 4) is 0 Å². The van der Waals surface area contributed by atoms with Crippen molar-refractivity contribution < 1.29 is 57.4 Å². The van der Waals surface area contributed by atoms with Crippen molar-refractivity contribution in [3.63, 3.8) is 0 Å². The highest BCUT2D eigenvalue weighted by Gasteiger charge is 2.34. The molecule has 0 rings (SSSR count). The predicted octanol–water partition coefficient (Wildman–Crippen LogP) is 4.97. The molecule has 82 heavy (non-hydrogen) atoms. The molecule has 0 radical (unpaired) electrons. The summed E-state index contributed by atoms with van der Waals surface area (Å²) >= 11 is 0. The molecule has 0 aromatic carbocycles. The van der Waals surface area contributed by atoms with Crippen molar-refractivity contribution in [3.05, 3.63) is 12.7 Å². The molecule has 0 aromatic rings. The number of nitrogens with one attached hydrogen (secondary N) is 10. The normalized spacial score (nSPS) is 11.1. The second kappa shape index (κ2) is 56.3. The molecule has 0 heterocycles. The maximum atomic E-state index is 13.7. The van der Waals surface area contributed by atoms with E-state index in [1.165, 1.54) is 6.08 Å².